The van der Waals surface area contributed by atoms with E-state index in [1.807, 2.05) is 0 Å². The fraction of sp³-hybridized carbons (Fsp3) is 0.0714. The van der Waals surface area contributed by atoms with E-state index in [1.165, 1.54) is 18.2 Å². The molecule has 0 spiro atoms. The van der Waals surface area contributed by atoms with Gasteiger partial charge in [-0.2, -0.15) is 0 Å². The molecule has 4 nitrogen and oxygen atoms in total. The van der Waals surface area contributed by atoms with Crippen molar-refractivity contribution in [3.8, 4) is 17.3 Å². The quantitative estimate of drug-likeness (QED) is 0.719. The zero-order valence-electron chi connectivity index (χ0n) is 10.2. The van der Waals surface area contributed by atoms with E-state index in [9.17, 15) is 4.39 Å². The molecular weight excluding hydrogens is 285 g/mol. The lowest BCUT2D eigenvalue weighted by molar-refractivity contribution is 0.289. The molecule has 0 atom stereocenters. The SMILES string of the molecule is Fc1ccc(OCc2cc(-c3ccco3)on2)c(Cl)c1. The summed E-state index contributed by atoms with van der Waals surface area (Å²) in [5.41, 5.74) is 0.580. The molecule has 102 valence electrons. The third-order valence-electron chi connectivity index (χ3n) is 2.59. The molecule has 0 aliphatic heterocycles. The highest BCUT2D eigenvalue weighted by atomic mass is 35.5. The minimum absolute atomic E-state index is 0.162. The molecule has 0 aliphatic rings. The van der Waals surface area contributed by atoms with Crippen molar-refractivity contribution in [1.82, 2.24) is 5.16 Å². The maximum absolute atomic E-state index is 12.9. The highest BCUT2D eigenvalue weighted by Gasteiger charge is 2.10. The van der Waals surface area contributed by atoms with Crippen LogP contribution >= 0.6 is 11.6 Å². The number of rotatable bonds is 4. The van der Waals surface area contributed by atoms with Gasteiger partial charge in [0.25, 0.3) is 0 Å². The topological polar surface area (TPSA) is 48.4 Å². The van der Waals surface area contributed by atoms with E-state index in [-0.39, 0.29) is 11.6 Å². The molecule has 0 saturated heterocycles. The van der Waals surface area contributed by atoms with E-state index in [1.54, 1.807) is 24.5 Å². The molecule has 6 heteroatoms. The molecule has 3 rings (SSSR count). The predicted octanol–water partition coefficient (Wildman–Crippen LogP) is 4.31. The Balaban J connectivity index is 1.70. The van der Waals surface area contributed by atoms with Crippen molar-refractivity contribution in [2.75, 3.05) is 0 Å². The van der Waals surface area contributed by atoms with E-state index >= 15 is 0 Å². The van der Waals surface area contributed by atoms with Gasteiger partial charge in [-0.05, 0) is 30.3 Å². The minimum atomic E-state index is -0.413. The van der Waals surface area contributed by atoms with Crippen molar-refractivity contribution >= 4 is 11.6 Å². The van der Waals surface area contributed by atoms with Gasteiger partial charge in [0.1, 0.15) is 23.9 Å². The lowest BCUT2D eigenvalue weighted by Crippen LogP contribution is -1.96. The van der Waals surface area contributed by atoms with Crippen molar-refractivity contribution in [2.24, 2.45) is 0 Å². The largest absolute Gasteiger partial charge is 0.486 e. The van der Waals surface area contributed by atoms with Gasteiger partial charge >= 0.3 is 0 Å². The number of hydrogen-bond donors (Lipinski definition) is 0. The monoisotopic (exact) mass is 293 g/mol. The summed E-state index contributed by atoms with van der Waals surface area (Å²) in [6, 6.07) is 9.15. The zero-order chi connectivity index (χ0) is 13.9. The van der Waals surface area contributed by atoms with Gasteiger partial charge in [-0.1, -0.05) is 16.8 Å². The van der Waals surface area contributed by atoms with Gasteiger partial charge in [0.2, 0.25) is 5.76 Å². The van der Waals surface area contributed by atoms with Crippen LogP contribution < -0.4 is 4.74 Å². The number of aromatic nitrogens is 1. The van der Waals surface area contributed by atoms with Gasteiger partial charge in [0, 0.05) is 6.07 Å². The summed E-state index contributed by atoms with van der Waals surface area (Å²) in [7, 11) is 0. The van der Waals surface area contributed by atoms with Crippen molar-refractivity contribution in [2.45, 2.75) is 6.61 Å². The summed E-state index contributed by atoms with van der Waals surface area (Å²) in [4.78, 5) is 0. The zero-order valence-corrected chi connectivity index (χ0v) is 10.9. The fourth-order valence-electron chi connectivity index (χ4n) is 1.66. The van der Waals surface area contributed by atoms with E-state index in [2.05, 4.69) is 5.16 Å². The molecule has 0 saturated carbocycles. The Bertz CT molecular complexity index is 709. The van der Waals surface area contributed by atoms with Gasteiger partial charge in [-0.25, -0.2) is 4.39 Å². The summed E-state index contributed by atoms with van der Waals surface area (Å²) in [5.74, 6) is 1.07. The van der Waals surface area contributed by atoms with Crippen LogP contribution in [0.2, 0.25) is 5.02 Å². The van der Waals surface area contributed by atoms with Crippen LogP contribution in [0.15, 0.2) is 51.6 Å². The molecule has 0 radical (unpaired) electrons. The first-order chi connectivity index (χ1) is 9.72. The van der Waals surface area contributed by atoms with E-state index in [0.717, 1.165) is 0 Å². The van der Waals surface area contributed by atoms with E-state index in [4.69, 9.17) is 25.3 Å². The molecular formula is C14H9ClFNO3. The second-order valence-corrected chi connectivity index (χ2v) is 4.43. The van der Waals surface area contributed by atoms with E-state index < -0.39 is 5.82 Å². The van der Waals surface area contributed by atoms with Crippen molar-refractivity contribution in [1.29, 1.82) is 0 Å². The van der Waals surface area contributed by atoms with Crippen LogP contribution in [0, 0.1) is 5.82 Å². The predicted molar refractivity (Wildman–Crippen MR) is 69.9 cm³/mol. The fourth-order valence-corrected chi connectivity index (χ4v) is 1.88. The second-order valence-electron chi connectivity index (χ2n) is 4.02. The molecule has 0 unspecified atom stereocenters. The Morgan fingerprint density at radius 2 is 2.10 bits per heavy atom. The van der Waals surface area contributed by atoms with Crippen molar-refractivity contribution < 1.29 is 18.1 Å². The molecule has 0 amide bonds. The first kappa shape index (κ1) is 12.7. The van der Waals surface area contributed by atoms with Crippen LogP contribution in [-0.2, 0) is 6.61 Å². The smallest absolute Gasteiger partial charge is 0.202 e. The van der Waals surface area contributed by atoms with Crippen LogP contribution in [0.5, 0.6) is 5.75 Å². The Morgan fingerprint density at radius 3 is 2.85 bits per heavy atom. The van der Waals surface area contributed by atoms with Crippen LogP contribution in [0.3, 0.4) is 0 Å². The maximum Gasteiger partial charge on any atom is 0.202 e. The maximum atomic E-state index is 12.9. The Hall–Kier alpha value is -2.27. The number of nitrogens with zero attached hydrogens (tertiary/aromatic N) is 1. The summed E-state index contributed by atoms with van der Waals surface area (Å²) in [6.45, 7) is 0.162. The summed E-state index contributed by atoms with van der Waals surface area (Å²) < 4.78 is 28.7. The van der Waals surface area contributed by atoms with Crippen LogP contribution in [0.25, 0.3) is 11.5 Å². The summed E-state index contributed by atoms with van der Waals surface area (Å²) in [6.07, 6.45) is 1.55. The molecule has 0 fully saturated rings. The van der Waals surface area contributed by atoms with Gasteiger partial charge in [-0.3, -0.25) is 0 Å². The third-order valence-corrected chi connectivity index (χ3v) is 2.89. The Kier molecular flexibility index (Phi) is 3.43. The molecule has 2 aromatic heterocycles. The number of hydrogen-bond acceptors (Lipinski definition) is 4. The average Bonchev–Trinajstić information content (AvgIpc) is 3.08. The molecule has 0 aliphatic carbocycles. The highest BCUT2D eigenvalue weighted by molar-refractivity contribution is 6.32. The number of halogens is 2. The molecule has 0 bridgehead atoms. The van der Waals surface area contributed by atoms with E-state index in [0.29, 0.717) is 23.0 Å². The van der Waals surface area contributed by atoms with Gasteiger partial charge in [0.05, 0.1) is 11.3 Å². The third kappa shape index (κ3) is 2.67. The number of ether oxygens (including phenoxy) is 1. The lowest BCUT2D eigenvalue weighted by Gasteiger charge is -2.05. The molecule has 20 heavy (non-hydrogen) atoms. The van der Waals surface area contributed by atoms with Gasteiger partial charge in [-0.15, -0.1) is 0 Å². The summed E-state index contributed by atoms with van der Waals surface area (Å²) >= 11 is 5.86. The standard InChI is InChI=1S/C14H9ClFNO3/c15-11-6-9(16)3-4-12(11)19-8-10-7-14(20-17-10)13-2-1-5-18-13/h1-7H,8H2. The number of benzene rings is 1. The Morgan fingerprint density at radius 1 is 1.20 bits per heavy atom. The highest BCUT2D eigenvalue weighted by Crippen LogP contribution is 2.26. The molecule has 1 aromatic carbocycles. The van der Waals surface area contributed by atoms with Crippen LogP contribution in [-0.4, -0.2) is 5.16 Å². The molecule has 0 N–H and O–H groups in total. The van der Waals surface area contributed by atoms with Crippen molar-refractivity contribution in [3.63, 3.8) is 0 Å². The number of furan rings is 1. The lowest BCUT2D eigenvalue weighted by atomic mass is 10.3. The first-order valence-corrected chi connectivity index (χ1v) is 6.17. The van der Waals surface area contributed by atoms with Crippen LogP contribution in [0.1, 0.15) is 5.69 Å². The van der Waals surface area contributed by atoms with Gasteiger partial charge in [0.15, 0.2) is 5.76 Å². The van der Waals surface area contributed by atoms with Crippen molar-refractivity contribution in [3.05, 3.63) is 59.2 Å². The molecule has 3 aromatic rings. The average molecular weight is 294 g/mol. The Labute approximate surface area is 118 Å². The first-order valence-electron chi connectivity index (χ1n) is 5.80. The molecule has 2 heterocycles. The minimum Gasteiger partial charge on any atom is -0.486 e. The van der Waals surface area contributed by atoms with Gasteiger partial charge < -0.3 is 13.7 Å². The normalized spacial score (nSPS) is 10.7. The van der Waals surface area contributed by atoms with Crippen LogP contribution in [0.4, 0.5) is 4.39 Å². The second kappa shape index (κ2) is 5.38. The summed E-state index contributed by atoms with van der Waals surface area (Å²) in [5, 5.41) is 4.07.